The van der Waals surface area contributed by atoms with Crippen LogP contribution in [0.25, 0.3) is 0 Å². The fourth-order valence-corrected chi connectivity index (χ4v) is 3.08. The molecular formula is C17H27N5S. The predicted octanol–water partition coefficient (Wildman–Crippen LogP) is 2.94. The molecule has 23 heavy (non-hydrogen) atoms. The minimum atomic E-state index is 0.444. The first kappa shape index (κ1) is 17.5. The molecule has 126 valence electrons. The highest BCUT2D eigenvalue weighted by molar-refractivity contribution is 7.07. The van der Waals surface area contributed by atoms with Crippen molar-refractivity contribution in [3.8, 4) is 0 Å². The van der Waals surface area contributed by atoms with Gasteiger partial charge in [0.15, 0.2) is 5.96 Å². The highest BCUT2D eigenvalue weighted by atomic mass is 32.1. The number of thiophene rings is 1. The van der Waals surface area contributed by atoms with Gasteiger partial charge in [0.2, 0.25) is 0 Å². The van der Waals surface area contributed by atoms with E-state index in [1.54, 1.807) is 11.3 Å². The van der Waals surface area contributed by atoms with Gasteiger partial charge < -0.3 is 10.6 Å². The number of aromatic nitrogens is 2. The smallest absolute Gasteiger partial charge is 0.191 e. The molecule has 0 aliphatic rings. The molecule has 0 radical (unpaired) electrons. The standard InChI is InChI=1S/C17H27N5S/c1-4-18-17(20-11-15(3)16-6-9-23-13-16)19-10-14(2)12-22-8-5-7-21-22/h5-9,13-15H,4,10-12H2,1-3H3,(H2,18,19,20). The third-order valence-corrected chi connectivity index (χ3v) is 4.35. The summed E-state index contributed by atoms with van der Waals surface area (Å²) in [6.45, 7) is 9.94. The topological polar surface area (TPSA) is 54.2 Å². The Kier molecular flexibility index (Phi) is 7.13. The first-order valence-corrected chi connectivity index (χ1v) is 9.15. The Morgan fingerprint density at radius 1 is 1.39 bits per heavy atom. The number of aliphatic imine (C=N–C) groups is 1. The van der Waals surface area contributed by atoms with E-state index in [2.05, 4.69) is 53.3 Å². The largest absolute Gasteiger partial charge is 0.357 e. The summed E-state index contributed by atoms with van der Waals surface area (Å²) in [5, 5.41) is 15.3. The van der Waals surface area contributed by atoms with Crippen molar-refractivity contribution in [1.82, 2.24) is 20.4 Å². The summed E-state index contributed by atoms with van der Waals surface area (Å²) in [6, 6.07) is 4.14. The molecule has 0 saturated carbocycles. The molecule has 2 atom stereocenters. The molecule has 0 fully saturated rings. The zero-order chi connectivity index (χ0) is 16.5. The Labute approximate surface area is 142 Å². The number of rotatable bonds is 8. The molecule has 0 aliphatic heterocycles. The lowest BCUT2D eigenvalue weighted by Gasteiger charge is -2.16. The molecule has 2 heterocycles. The van der Waals surface area contributed by atoms with Gasteiger partial charge in [-0.2, -0.15) is 16.4 Å². The second-order valence-electron chi connectivity index (χ2n) is 5.89. The van der Waals surface area contributed by atoms with Crippen LogP contribution >= 0.6 is 11.3 Å². The van der Waals surface area contributed by atoms with E-state index in [4.69, 9.17) is 4.99 Å². The molecule has 0 bridgehead atoms. The van der Waals surface area contributed by atoms with E-state index in [0.717, 1.165) is 32.1 Å². The van der Waals surface area contributed by atoms with Crippen molar-refractivity contribution < 1.29 is 0 Å². The van der Waals surface area contributed by atoms with Gasteiger partial charge >= 0.3 is 0 Å². The lowest BCUT2D eigenvalue weighted by molar-refractivity contribution is 0.458. The Morgan fingerprint density at radius 2 is 2.26 bits per heavy atom. The lowest BCUT2D eigenvalue weighted by atomic mass is 10.1. The average Bonchev–Trinajstić information content (AvgIpc) is 3.23. The van der Waals surface area contributed by atoms with E-state index in [1.807, 2.05) is 23.1 Å². The molecule has 2 rings (SSSR count). The lowest BCUT2D eigenvalue weighted by Crippen LogP contribution is -2.39. The zero-order valence-corrected chi connectivity index (χ0v) is 15.0. The third kappa shape index (κ3) is 6.06. The van der Waals surface area contributed by atoms with Crippen LogP contribution in [0, 0.1) is 5.92 Å². The van der Waals surface area contributed by atoms with Crippen LogP contribution in [0.15, 0.2) is 40.3 Å². The average molecular weight is 334 g/mol. The van der Waals surface area contributed by atoms with Crippen LogP contribution < -0.4 is 10.6 Å². The minimum absolute atomic E-state index is 0.444. The maximum Gasteiger partial charge on any atom is 0.191 e. The van der Waals surface area contributed by atoms with Crippen molar-refractivity contribution >= 4 is 17.3 Å². The van der Waals surface area contributed by atoms with Gasteiger partial charge in [-0.15, -0.1) is 0 Å². The normalized spacial score (nSPS) is 14.5. The summed E-state index contributed by atoms with van der Waals surface area (Å²) >= 11 is 1.75. The number of guanidine groups is 1. The fraction of sp³-hybridized carbons (Fsp3) is 0.529. The second kappa shape index (κ2) is 9.35. The molecule has 0 aliphatic carbocycles. The van der Waals surface area contributed by atoms with Crippen LogP contribution in [0.2, 0.25) is 0 Å². The van der Waals surface area contributed by atoms with Gasteiger partial charge in [0.1, 0.15) is 0 Å². The van der Waals surface area contributed by atoms with Gasteiger partial charge in [-0.25, -0.2) is 0 Å². The number of nitrogens with zero attached hydrogens (tertiary/aromatic N) is 3. The molecule has 5 nitrogen and oxygen atoms in total. The van der Waals surface area contributed by atoms with E-state index < -0.39 is 0 Å². The van der Waals surface area contributed by atoms with Crippen molar-refractivity contribution in [2.75, 3.05) is 19.6 Å². The van der Waals surface area contributed by atoms with Gasteiger partial charge in [0, 0.05) is 38.6 Å². The molecule has 2 aromatic heterocycles. The van der Waals surface area contributed by atoms with Crippen molar-refractivity contribution in [2.24, 2.45) is 10.9 Å². The quantitative estimate of drug-likeness (QED) is 0.577. The van der Waals surface area contributed by atoms with Gasteiger partial charge in [-0.05, 0) is 47.2 Å². The number of hydrogen-bond donors (Lipinski definition) is 2. The number of nitrogens with one attached hydrogen (secondary N) is 2. The van der Waals surface area contributed by atoms with Crippen molar-refractivity contribution in [3.63, 3.8) is 0 Å². The van der Waals surface area contributed by atoms with Crippen LogP contribution in [-0.4, -0.2) is 35.4 Å². The zero-order valence-electron chi connectivity index (χ0n) is 14.2. The van der Waals surface area contributed by atoms with Gasteiger partial charge in [-0.3, -0.25) is 9.67 Å². The number of hydrogen-bond acceptors (Lipinski definition) is 3. The summed E-state index contributed by atoms with van der Waals surface area (Å²) < 4.78 is 1.96. The van der Waals surface area contributed by atoms with Gasteiger partial charge in [-0.1, -0.05) is 13.8 Å². The van der Waals surface area contributed by atoms with Crippen molar-refractivity contribution in [1.29, 1.82) is 0 Å². The second-order valence-corrected chi connectivity index (χ2v) is 6.67. The SMILES string of the molecule is CCNC(=NCC(C)Cn1cccn1)NCC(C)c1ccsc1. The maximum absolute atomic E-state index is 4.70. The Balaban J connectivity index is 1.81. The van der Waals surface area contributed by atoms with E-state index in [0.29, 0.717) is 11.8 Å². The molecule has 2 aromatic rings. The van der Waals surface area contributed by atoms with Gasteiger partial charge in [0.25, 0.3) is 0 Å². The van der Waals surface area contributed by atoms with Crippen LogP contribution in [-0.2, 0) is 6.54 Å². The highest BCUT2D eigenvalue weighted by Gasteiger charge is 2.08. The van der Waals surface area contributed by atoms with Crippen LogP contribution in [0.3, 0.4) is 0 Å². The molecule has 6 heteroatoms. The van der Waals surface area contributed by atoms with E-state index >= 15 is 0 Å². The monoisotopic (exact) mass is 333 g/mol. The Bertz CT molecular complexity index is 562. The van der Waals surface area contributed by atoms with Crippen LogP contribution in [0.5, 0.6) is 0 Å². The summed E-state index contributed by atoms with van der Waals surface area (Å²) in [5.74, 6) is 1.81. The molecule has 0 saturated heterocycles. The van der Waals surface area contributed by atoms with E-state index in [1.165, 1.54) is 5.56 Å². The highest BCUT2D eigenvalue weighted by Crippen LogP contribution is 2.16. The maximum atomic E-state index is 4.70. The van der Waals surface area contributed by atoms with Crippen LogP contribution in [0.1, 0.15) is 32.3 Å². The van der Waals surface area contributed by atoms with Crippen LogP contribution in [0.4, 0.5) is 0 Å². The first-order chi connectivity index (χ1) is 11.2. The van der Waals surface area contributed by atoms with Crippen molar-refractivity contribution in [3.05, 3.63) is 40.8 Å². The molecule has 0 spiro atoms. The first-order valence-electron chi connectivity index (χ1n) is 8.20. The Hall–Kier alpha value is -1.82. The molecule has 2 N–H and O–H groups in total. The summed E-state index contributed by atoms with van der Waals surface area (Å²) in [5.41, 5.74) is 1.38. The molecule has 0 amide bonds. The minimum Gasteiger partial charge on any atom is -0.357 e. The molecule has 2 unspecified atom stereocenters. The predicted molar refractivity (Wildman–Crippen MR) is 98.1 cm³/mol. The summed E-state index contributed by atoms with van der Waals surface area (Å²) in [4.78, 5) is 4.70. The Morgan fingerprint density at radius 3 is 2.91 bits per heavy atom. The summed E-state index contributed by atoms with van der Waals surface area (Å²) in [6.07, 6.45) is 3.81. The third-order valence-electron chi connectivity index (χ3n) is 3.65. The molecular weight excluding hydrogens is 306 g/mol. The molecule has 0 aromatic carbocycles. The van der Waals surface area contributed by atoms with Gasteiger partial charge in [0.05, 0.1) is 0 Å². The van der Waals surface area contributed by atoms with E-state index in [-0.39, 0.29) is 0 Å². The summed E-state index contributed by atoms with van der Waals surface area (Å²) in [7, 11) is 0. The van der Waals surface area contributed by atoms with Crippen molar-refractivity contribution in [2.45, 2.75) is 33.2 Å². The van der Waals surface area contributed by atoms with E-state index in [9.17, 15) is 0 Å². The fourth-order valence-electron chi connectivity index (χ4n) is 2.30.